The molecule has 12 heteroatoms. The van der Waals surface area contributed by atoms with Crippen molar-refractivity contribution in [2.75, 3.05) is 26.1 Å². The first-order chi connectivity index (χ1) is 16.9. The summed E-state index contributed by atoms with van der Waals surface area (Å²) in [4.78, 5) is 19.5. The number of nitrogens with one attached hydrogen (secondary N) is 1. The number of ether oxygens (including phenoxy) is 2. The minimum atomic E-state index is -0.603. The van der Waals surface area contributed by atoms with E-state index in [9.17, 15) is 14.5 Å². The molecular weight excluding hydrogens is 459 g/mol. The molecule has 0 saturated carbocycles. The van der Waals surface area contributed by atoms with Crippen molar-refractivity contribution in [2.45, 2.75) is 13.0 Å². The third kappa shape index (κ3) is 5.22. The van der Waals surface area contributed by atoms with Crippen molar-refractivity contribution in [3.8, 4) is 17.3 Å². The Morgan fingerprint density at radius 3 is 2.69 bits per heavy atom. The zero-order valence-electron chi connectivity index (χ0n) is 19.0. The molecule has 2 aromatic heterocycles. The number of benzene rings is 2. The van der Waals surface area contributed by atoms with Gasteiger partial charge in [-0.15, -0.1) is 0 Å². The van der Waals surface area contributed by atoms with Crippen molar-refractivity contribution in [2.24, 2.45) is 10.7 Å². The lowest BCUT2D eigenvalue weighted by Crippen LogP contribution is -2.21. The number of rotatable bonds is 9. The molecule has 0 saturated heterocycles. The lowest BCUT2D eigenvalue weighted by molar-refractivity contribution is -0.401. The summed E-state index contributed by atoms with van der Waals surface area (Å²) in [6, 6.07) is 11.9. The Balaban J connectivity index is 1.76. The molecule has 0 radical (unpaired) electrons. The minimum Gasteiger partial charge on any atom is -0.494 e. The molecule has 0 amide bonds. The molecule has 0 spiro atoms. The number of anilines is 1. The zero-order valence-corrected chi connectivity index (χ0v) is 19.0. The van der Waals surface area contributed by atoms with Crippen LogP contribution in [-0.2, 0) is 11.3 Å². The average Bonchev–Trinajstić information content (AvgIpc) is 3.45. The molecule has 0 unspecified atom stereocenters. The van der Waals surface area contributed by atoms with Gasteiger partial charge in [-0.3, -0.25) is 10.1 Å². The van der Waals surface area contributed by atoms with Crippen LogP contribution in [0.1, 0.15) is 6.42 Å². The topological polar surface area (TPSA) is 143 Å². The van der Waals surface area contributed by atoms with Gasteiger partial charge in [-0.25, -0.2) is 14.4 Å². The van der Waals surface area contributed by atoms with E-state index in [4.69, 9.17) is 19.6 Å². The quantitative estimate of drug-likeness (QED) is 0.117. The zero-order chi connectivity index (χ0) is 24.9. The Kier molecular flexibility index (Phi) is 6.92. The first-order valence-corrected chi connectivity index (χ1v) is 10.6. The van der Waals surface area contributed by atoms with E-state index in [1.54, 1.807) is 19.2 Å². The number of imidazole rings is 1. The van der Waals surface area contributed by atoms with E-state index in [-0.39, 0.29) is 23.4 Å². The lowest BCUT2D eigenvalue weighted by atomic mass is 10.2. The van der Waals surface area contributed by atoms with Gasteiger partial charge in [-0.2, -0.15) is 0 Å². The number of aromatic nitrogens is 2. The highest BCUT2D eigenvalue weighted by Crippen LogP contribution is 2.36. The van der Waals surface area contributed by atoms with E-state index < -0.39 is 4.92 Å². The molecule has 3 N–H and O–H groups in total. The van der Waals surface area contributed by atoms with E-state index in [1.807, 2.05) is 4.57 Å². The van der Waals surface area contributed by atoms with Gasteiger partial charge in [0.25, 0.3) is 0 Å². The number of methoxy groups -OCH3 is 2. The average molecular weight is 482 g/mol. The standard InChI is InChI=1S/C23H23FN6O5/c1-33-11-3-10-29-18-13-20(34-2)17(28-23(25)26-15-6-4-14(24)5-7-15)12-16(18)27-22(29)19-8-9-21(35-19)30(31)32/h4-9,12-13H,3,10-11H2,1-2H3,(H3,25,26,28). The summed E-state index contributed by atoms with van der Waals surface area (Å²) in [5, 5.41) is 14.0. The second-order valence-electron chi connectivity index (χ2n) is 7.47. The third-order valence-electron chi connectivity index (χ3n) is 5.13. The highest BCUT2D eigenvalue weighted by atomic mass is 19.1. The fourth-order valence-corrected chi connectivity index (χ4v) is 3.56. The highest BCUT2D eigenvalue weighted by molar-refractivity contribution is 5.95. The number of aliphatic imine (C=N–C) groups is 1. The number of nitrogens with two attached hydrogens (primary N) is 1. The van der Waals surface area contributed by atoms with E-state index >= 15 is 0 Å². The van der Waals surface area contributed by atoms with Crippen LogP contribution in [-0.4, -0.2) is 41.3 Å². The summed E-state index contributed by atoms with van der Waals surface area (Å²) in [6.07, 6.45) is 0.675. The Labute approximate surface area is 199 Å². The Bertz CT molecular complexity index is 1380. The van der Waals surface area contributed by atoms with Crippen molar-refractivity contribution in [3.63, 3.8) is 0 Å². The summed E-state index contributed by atoms with van der Waals surface area (Å²) in [6.45, 7) is 1.04. The second kappa shape index (κ2) is 10.2. The summed E-state index contributed by atoms with van der Waals surface area (Å²) >= 11 is 0. The molecule has 4 rings (SSSR count). The summed E-state index contributed by atoms with van der Waals surface area (Å²) in [7, 11) is 3.12. The first-order valence-electron chi connectivity index (χ1n) is 10.6. The SMILES string of the molecule is COCCCn1c(-c2ccc([N+](=O)[O-])o2)nc2cc(N=C(N)Nc3ccc(F)cc3)c(OC)cc21. The van der Waals surface area contributed by atoms with Crippen LogP contribution in [0.3, 0.4) is 0 Å². The van der Waals surface area contributed by atoms with Gasteiger partial charge in [0.05, 0.1) is 24.2 Å². The highest BCUT2D eigenvalue weighted by Gasteiger charge is 2.21. The van der Waals surface area contributed by atoms with Crippen molar-refractivity contribution < 1.29 is 23.2 Å². The van der Waals surface area contributed by atoms with Crippen LogP contribution < -0.4 is 15.8 Å². The largest absolute Gasteiger partial charge is 0.494 e. The number of furan rings is 1. The molecule has 0 aliphatic rings. The number of nitro groups is 1. The van der Waals surface area contributed by atoms with Crippen LogP contribution in [0.15, 0.2) is 57.9 Å². The van der Waals surface area contributed by atoms with Crippen LogP contribution in [0.2, 0.25) is 0 Å². The Morgan fingerprint density at radius 2 is 2.03 bits per heavy atom. The van der Waals surface area contributed by atoms with Gasteiger partial charge in [0, 0.05) is 32.0 Å². The fraction of sp³-hybridized carbons (Fsp3) is 0.217. The molecule has 182 valence electrons. The summed E-state index contributed by atoms with van der Waals surface area (Å²) in [5.74, 6) is 0.438. The number of nitrogens with zero attached hydrogens (tertiary/aromatic N) is 4. The lowest BCUT2D eigenvalue weighted by Gasteiger charge is -2.10. The predicted octanol–water partition coefficient (Wildman–Crippen LogP) is 4.45. The molecule has 2 heterocycles. The van der Waals surface area contributed by atoms with Gasteiger partial charge in [-0.05, 0) is 42.8 Å². The maximum Gasteiger partial charge on any atom is 0.433 e. The monoisotopic (exact) mass is 482 g/mol. The van der Waals surface area contributed by atoms with Crippen molar-refractivity contribution in [1.82, 2.24) is 9.55 Å². The van der Waals surface area contributed by atoms with Gasteiger partial charge in [0.15, 0.2) is 17.5 Å². The minimum absolute atomic E-state index is 0.0654. The number of fused-ring (bicyclic) bond motifs is 1. The van der Waals surface area contributed by atoms with Crippen LogP contribution >= 0.6 is 0 Å². The van der Waals surface area contributed by atoms with E-state index in [0.29, 0.717) is 48.0 Å². The van der Waals surface area contributed by atoms with Crippen molar-refractivity contribution >= 4 is 34.3 Å². The fourth-order valence-electron chi connectivity index (χ4n) is 3.56. The van der Waals surface area contributed by atoms with Crippen molar-refractivity contribution in [1.29, 1.82) is 0 Å². The van der Waals surface area contributed by atoms with Crippen LogP contribution in [0.5, 0.6) is 5.75 Å². The van der Waals surface area contributed by atoms with Gasteiger partial charge >= 0.3 is 5.88 Å². The van der Waals surface area contributed by atoms with E-state index in [2.05, 4.69) is 15.3 Å². The number of hydrogen-bond donors (Lipinski definition) is 2. The maximum atomic E-state index is 13.2. The summed E-state index contributed by atoms with van der Waals surface area (Å²) < 4.78 is 31.1. The normalized spacial score (nSPS) is 11.7. The molecule has 0 aliphatic heterocycles. The smallest absolute Gasteiger partial charge is 0.433 e. The van der Waals surface area contributed by atoms with Gasteiger partial charge < -0.3 is 29.5 Å². The summed E-state index contributed by atoms with van der Waals surface area (Å²) in [5.41, 5.74) is 8.31. The maximum absolute atomic E-state index is 13.2. The van der Waals surface area contributed by atoms with E-state index in [0.717, 1.165) is 5.52 Å². The van der Waals surface area contributed by atoms with E-state index in [1.165, 1.54) is 43.5 Å². The second-order valence-corrected chi connectivity index (χ2v) is 7.47. The molecule has 2 aromatic carbocycles. The molecule has 0 fully saturated rings. The van der Waals surface area contributed by atoms with Crippen LogP contribution in [0, 0.1) is 15.9 Å². The molecule has 35 heavy (non-hydrogen) atoms. The Hall–Kier alpha value is -4.45. The number of aryl methyl sites for hydroxylation is 1. The van der Waals surface area contributed by atoms with Gasteiger partial charge in [0.1, 0.15) is 22.2 Å². The number of hydrogen-bond acceptors (Lipinski definition) is 7. The molecule has 4 aromatic rings. The van der Waals surface area contributed by atoms with Crippen molar-refractivity contribution in [3.05, 3.63) is 64.5 Å². The van der Waals surface area contributed by atoms with Crippen LogP contribution in [0.25, 0.3) is 22.6 Å². The molecule has 11 nitrogen and oxygen atoms in total. The molecule has 0 atom stereocenters. The molecule has 0 aliphatic carbocycles. The molecular formula is C23H23FN6O5. The number of halogens is 1. The third-order valence-corrected chi connectivity index (χ3v) is 5.13. The number of guanidine groups is 1. The van der Waals surface area contributed by atoms with Gasteiger partial charge in [-0.1, -0.05) is 0 Å². The first kappa shape index (κ1) is 23.7. The van der Waals surface area contributed by atoms with Gasteiger partial charge in [0.2, 0.25) is 0 Å². The predicted molar refractivity (Wildman–Crippen MR) is 128 cm³/mol. The van der Waals surface area contributed by atoms with Crippen LogP contribution in [0.4, 0.5) is 21.6 Å². The molecule has 0 bridgehead atoms. The Morgan fingerprint density at radius 1 is 1.26 bits per heavy atom.